The Morgan fingerprint density at radius 3 is 2.24 bits per heavy atom. The quantitative estimate of drug-likeness (QED) is 0.807. The molecular weight excluding hydrogens is 278 g/mol. The van der Waals surface area contributed by atoms with Crippen LogP contribution in [0, 0.1) is 5.92 Å². The van der Waals surface area contributed by atoms with E-state index in [1.807, 2.05) is 24.3 Å². The van der Waals surface area contributed by atoms with Crippen LogP contribution in [-0.2, 0) is 4.79 Å². The SMILES string of the molecule is O=C(Nc1ccc(Br)cc1)C1CCCCCC1. The Morgan fingerprint density at radius 1 is 1.06 bits per heavy atom. The monoisotopic (exact) mass is 295 g/mol. The number of carbonyl (C=O) groups is 1. The van der Waals surface area contributed by atoms with Gasteiger partial charge in [0.05, 0.1) is 0 Å². The lowest BCUT2D eigenvalue weighted by Crippen LogP contribution is -2.22. The lowest BCUT2D eigenvalue weighted by Gasteiger charge is -2.14. The van der Waals surface area contributed by atoms with Gasteiger partial charge in [0, 0.05) is 16.1 Å². The molecule has 0 radical (unpaired) electrons. The highest BCUT2D eigenvalue weighted by Crippen LogP contribution is 2.24. The molecule has 1 saturated carbocycles. The number of carbonyl (C=O) groups excluding carboxylic acids is 1. The summed E-state index contributed by atoms with van der Waals surface area (Å²) in [4.78, 5) is 12.1. The predicted molar refractivity (Wildman–Crippen MR) is 74.0 cm³/mol. The summed E-state index contributed by atoms with van der Waals surface area (Å²) in [6.45, 7) is 0. The van der Waals surface area contributed by atoms with Gasteiger partial charge in [-0.1, -0.05) is 41.6 Å². The van der Waals surface area contributed by atoms with E-state index in [2.05, 4.69) is 21.2 Å². The molecule has 0 spiro atoms. The van der Waals surface area contributed by atoms with Crippen molar-refractivity contribution in [3.05, 3.63) is 28.7 Å². The molecule has 1 amide bonds. The van der Waals surface area contributed by atoms with Gasteiger partial charge in [-0.25, -0.2) is 0 Å². The molecule has 3 heteroatoms. The fraction of sp³-hybridized carbons (Fsp3) is 0.500. The maximum Gasteiger partial charge on any atom is 0.227 e. The molecule has 0 atom stereocenters. The number of hydrogen-bond acceptors (Lipinski definition) is 1. The number of amides is 1. The third-order valence-electron chi connectivity index (χ3n) is 3.34. The van der Waals surface area contributed by atoms with Crippen molar-refractivity contribution in [2.45, 2.75) is 38.5 Å². The highest BCUT2D eigenvalue weighted by molar-refractivity contribution is 9.10. The maximum absolute atomic E-state index is 12.1. The molecule has 2 rings (SSSR count). The Balaban J connectivity index is 1.93. The van der Waals surface area contributed by atoms with Crippen molar-refractivity contribution in [1.82, 2.24) is 0 Å². The molecule has 0 heterocycles. The molecule has 0 unspecified atom stereocenters. The van der Waals surface area contributed by atoms with Crippen LogP contribution in [0.25, 0.3) is 0 Å². The van der Waals surface area contributed by atoms with Crippen LogP contribution in [0.15, 0.2) is 28.7 Å². The molecule has 0 saturated heterocycles. The molecule has 2 nitrogen and oxygen atoms in total. The third kappa shape index (κ3) is 3.84. The standard InChI is InChI=1S/C14H18BrNO/c15-12-7-9-13(10-8-12)16-14(17)11-5-3-1-2-4-6-11/h7-11H,1-6H2,(H,16,17). The predicted octanol–water partition coefficient (Wildman–Crippen LogP) is 4.36. The average molecular weight is 296 g/mol. The molecule has 0 bridgehead atoms. The first-order chi connectivity index (χ1) is 8.25. The minimum Gasteiger partial charge on any atom is -0.326 e. The molecule has 0 aliphatic heterocycles. The van der Waals surface area contributed by atoms with Crippen molar-refractivity contribution < 1.29 is 4.79 Å². The smallest absolute Gasteiger partial charge is 0.227 e. The summed E-state index contributed by atoms with van der Waals surface area (Å²) in [6.07, 6.45) is 7.03. The van der Waals surface area contributed by atoms with Crippen molar-refractivity contribution in [3.8, 4) is 0 Å². The number of benzene rings is 1. The van der Waals surface area contributed by atoms with E-state index in [9.17, 15) is 4.79 Å². The summed E-state index contributed by atoms with van der Waals surface area (Å²) in [5.74, 6) is 0.398. The zero-order valence-electron chi connectivity index (χ0n) is 9.92. The minimum atomic E-state index is 0.189. The van der Waals surface area contributed by atoms with Gasteiger partial charge in [0.15, 0.2) is 0 Å². The third-order valence-corrected chi connectivity index (χ3v) is 3.87. The van der Waals surface area contributed by atoms with E-state index in [4.69, 9.17) is 0 Å². The molecule has 17 heavy (non-hydrogen) atoms. The van der Waals surface area contributed by atoms with Crippen molar-refractivity contribution >= 4 is 27.5 Å². The fourth-order valence-electron chi connectivity index (χ4n) is 2.32. The highest BCUT2D eigenvalue weighted by Gasteiger charge is 2.19. The summed E-state index contributed by atoms with van der Waals surface area (Å²) in [5.41, 5.74) is 0.891. The second-order valence-corrected chi connectivity index (χ2v) is 5.60. The zero-order chi connectivity index (χ0) is 12.1. The first-order valence-electron chi connectivity index (χ1n) is 6.32. The normalized spacial score (nSPS) is 17.5. The van der Waals surface area contributed by atoms with Gasteiger partial charge in [-0.05, 0) is 37.1 Å². The van der Waals surface area contributed by atoms with Crippen LogP contribution in [-0.4, -0.2) is 5.91 Å². The van der Waals surface area contributed by atoms with Crippen LogP contribution in [0.2, 0.25) is 0 Å². The molecule has 1 aliphatic carbocycles. The number of halogens is 1. The van der Waals surface area contributed by atoms with Crippen molar-refractivity contribution in [2.75, 3.05) is 5.32 Å². The Kier molecular flexibility index (Phi) is 4.60. The van der Waals surface area contributed by atoms with Gasteiger partial charge in [0.2, 0.25) is 5.91 Å². The number of rotatable bonds is 2. The van der Waals surface area contributed by atoms with Gasteiger partial charge in [-0.3, -0.25) is 4.79 Å². The zero-order valence-corrected chi connectivity index (χ0v) is 11.5. The highest BCUT2D eigenvalue weighted by atomic mass is 79.9. The first-order valence-corrected chi connectivity index (χ1v) is 7.11. The van der Waals surface area contributed by atoms with Crippen LogP contribution in [0.5, 0.6) is 0 Å². The summed E-state index contributed by atoms with van der Waals surface area (Å²) in [6, 6.07) is 7.75. The van der Waals surface area contributed by atoms with Crippen molar-refractivity contribution in [3.63, 3.8) is 0 Å². The largest absolute Gasteiger partial charge is 0.326 e. The van der Waals surface area contributed by atoms with Crippen LogP contribution in [0.3, 0.4) is 0 Å². The van der Waals surface area contributed by atoms with Gasteiger partial charge in [0.25, 0.3) is 0 Å². The molecule has 1 aromatic carbocycles. The Morgan fingerprint density at radius 2 is 1.65 bits per heavy atom. The molecule has 1 aliphatic rings. The van der Waals surface area contributed by atoms with Gasteiger partial charge >= 0.3 is 0 Å². The average Bonchev–Trinajstić information content (AvgIpc) is 2.61. The Bertz CT molecular complexity index is 366. The van der Waals surface area contributed by atoms with Crippen molar-refractivity contribution in [2.24, 2.45) is 5.92 Å². The summed E-state index contributed by atoms with van der Waals surface area (Å²) >= 11 is 3.39. The second kappa shape index (κ2) is 6.20. The molecule has 92 valence electrons. The van der Waals surface area contributed by atoms with E-state index in [1.54, 1.807) is 0 Å². The lowest BCUT2D eigenvalue weighted by atomic mass is 9.99. The number of nitrogens with one attached hydrogen (secondary N) is 1. The van der Waals surface area contributed by atoms with E-state index < -0.39 is 0 Å². The maximum atomic E-state index is 12.1. The Hall–Kier alpha value is -0.830. The van der Waals surface area contributed by atoms with E-state index in [1.165, 1.54) is 25.7 Å². The topological polar surface area (TPSA) is 29.1 Å². The van der Waals surface area contributed by atoms with E-state index in [0.717, 1.165) is 23.0 Å². The molecule has 0 aromatic heterocycles. The fourth-order valence-corrected chi connectivity index (χ4v) is 2.58. The summed E-state index contributed by atoms with van der Waals surface area (Å²) < 4.78 is 1.03. The van der Waals surface area contributed by atoms with E-state index in [0.29, 0.717) is 0 Å². The van der Waals surface area contributed by atoms with E-state index in [-0.39, 0.29) is 11.8 Å². The summed E-state index contributed by atoms with van der Waals surface area (Å²) in [7, 11) is 0. The van der Waals surface area contributed by atoms with Gasteiger partial charge in [-0.2, -0.15) is 0 Å². The van der Waals surface area contributed by atoms with Crippen LogP contribution in [0.4, 0.5) is 5.69 Å². The minimum absolute atomic E-state index is 0.189. The molecular formula is C14H18BrNO. The summed E-state index contributed by atoms with van der Waals surface area (Å²) in [5, 5.41) is 3.01. The van der Waals surface area contributed by atoms with Gasteiger partial charge in [0.1, 0.15) is 0 Å². The van der Waals surface area contributed by atoms with Crippen LogP contribution in [0.1, 0.15) is 38.5 Å². The van der Waals surface area contributed by atoms with Gasteiger partial charge < -0.3 is 5.32 Å². The first kappa shape index (κ1) is 12.6. The Labute approximate surface area is 111 Å². The van der Waals surface area contributed by atoms with Crippen molar-refractivity contribution in [1.29, 1.82) is 0 Å². The molecule has 1 N–H and O–H groups in total. The second-order valence-electron chi connectivity index (χ2n) is 4.68. The lowest BCUT2D eigenvalue weighted by molar-refractivity contribution is -0.120. The van der Waals surface area contributed by atoms with Crippen LogP contribution < -0.4 is 5.32 Å². The number of anilines is 1. The number of hydrogen-bond donors (Lipinski definition) is 1. The van der Waals surface area contributed by atoms with Gasteiger partial charge in [-0.15, -0.1) is 0 Å². The molecule has 1 aromatic rings. The molecule has 1 fully saturated rings. The van der Waals surface area contributed by atoms with Crippen LogP contribution >= 0.6 is 15.9 Å². The van der Waals surface area contributed by atoms with E-state index >= 15 is 0 Å².